The predicted molar refractivity (Wildman–Crippen MR) is 86.3 cm³/mol. The van der Waals surface area contributed by atoms with Gasteiger partial charge in [0.15, 0.2) is 18.2 Å². The molecule has 5 heteroatoms. The molecular formula is C18H20FNO3. The summed E-state index contributed by atoms with van der Waals surface area (Å²) in [6, 6.07) is 11.9. The molecule has 1 N–H and O–H groups in total. The lowest BCUT2D eigenvalue weighted by Gasteiger charge is -2.11. The Labute approximate surface area is 135 Å². The summed E-state index contributed by atoms with van der Waals surface area (Å²) >= 11 is 0. The zero-order chi connectivity index (χ0) is 16.7. The van der Waals surface area contributed by atoms with E-state index in [2.05, 4.69) is 5.32 Å². The molecule has 0 spiro atoms. The summed E-state index contributed by atoms with van der Waals surface area (Å²) in [6.45, 7) is 4.47. The van der Waals surface area contributed by atoms with Gasteiger partial charge >= 0.3 is 0 Å². The molecule has 4 nitrogen and oxygen atoms in total. The molecular weight excluding hydrogens is 297 g/mol. The van der Waals surface area contributed by atoms with E-state index < -0.39 is 5.82 Å². The second kappa shape index (κ2) is 8.17. The highest BCUT2D eigenvalue weighted by molar-refractivity contribution is 5.77. The van der Waals surface area contributed by atoms with Crippen LogP contribution in [0.3, 0.4) is 0 Å². The van der Waals surface area contributed by atoms with Gasteiger partial charge in [-0.2, -0.15) is 0 Å². The van der Waals surface area contributed by atoms with Crippen LogP contribution in [0, 0.1) is 19.7 Å². The third kappa shape index (κ3) is 5.29. The van der Waals surface area contributed by atoms with Crippen molar-refractivity contribution in [2.24, 2.45) is 0 Å². The van der Waals surface area contributed by atoms with Crippen molar-refractivity contribution in [2.45, 2.75) is 13.8 Å². The van der Waals surface area contributed by atoms with Crippen molar-refractivity contribution in [1.82, 2.24) is 5.32 Å². The highest BCUT2D eigenvalue weighted by atomic mass is 19.1. The smallest absolute Gasteiger partial charge is 0.258 e. The number of halogens is 1. The van der Waals surface area contributed by atoms with Gasteiger partial charge in [0.25, 0.3) is 5.91 Å². The summed E-state index contributed by atoms with van der Waals surface area (Å²) in [5.41, 5.74) is 2.23. The molecule has 122 valence electrons. The fourth-order valence-corrected chi connectivity index (χ4v) is 2.07. The lowest BCUT2D eigenvalue weighted by atomic mass is 10.1. The number of rotatable bonds is 7. The number of benzene rings is 2. The molecule has 0 aromatic heterocycles. The Bertz CT molecular complexity index is 673. The molecule has 1 amide bonds. The third-order valence-corrected chi connectivity index (χ3v) is 3.21. The Hall–Kier alpha value is -2.56. The first-order chi connectivity index (χ1) is 11.1. The first-order valence-electron chi connectivity index (χ1n) is 7.40. The standard InChI is InChI=1S/C18H20FNO3/c1-13-7-8-16(14(2)11-13)22-10-9-20-18(21)12-23-17-6-4-3-5-15(17)19/h3-8,11H,9-10,12H2,1-2H3,(H,20,21). The first-order valence-corrected chi connectivity index (χ1v) is 7.40. The predicted octanol–water partition coefficient (Wildman–Crippen LogP) is 3.02. The first kappa shape index (κ1) is 16.8. The number of hydrogen-bond acceptors (Lipinski definition) is 3. The lowest BCUT2D eigenvalue weighted by molar-refractivity contribution is -0.123. The van der Waals surface area contributed by atoms with Crippen LogP contribution in [0.1, 0.15) is 11.1 Å². The minimum Gasteiger partial charge on any atom is -0.491 e. The zero-order valence-electron chi connectivity index (χ0n) is 13.3. The van der Waals surface area contributed by atoms with Crippen LogP contribution in [0.25, 0.3) is 0 Å². The van der Waals surface area contributed by atoms with E-state index in [-0.39, 0.29) is 18.3 Å². The van der Waals surface area contributed by atoms with E-state index in [9.17, 15) is 9.18 Å². The van der Waals surface area contributed by atoms with E-state index in [1.54, 1.807) is 12.1 Å². The molecule has 0 aliphatic heterocycles. The Morgan fingerprint density at radius 3 is 2.61 bits per heavy atom. The van der Waals surface area contributed by atoms with Crippen LogP contribution in [0.15, 0.2) is 42.5 Å². The molecule has 0 radical (unpaired) electrons. The molecule has 0 aliphatic rings. The number of nitrogens with one attached hydrogen (secondary N) is 1. The summed E-state index contributed by atoms with van der Waals surface area (Å²) in [4.78, 5) is 11.6. The van der Waals surface area contributed by atoms with Gasteiger partial charge in [0.2, 0.25) is 0 Å². The van der Waals surface area contributed by atoms with E-state index in [0.29, 0.717) is 13.2 Å². The van der Waals surface area contributed by atoms with Gasteiger partial charge in [-0.25, -0.2) is 4.39 Å². The highest BCUT2D eigenvalue weighted by Gasteiger charge is 2.06. The fourth-order valence-electron chi connectivity index (χ4n) is 2.07. The van der Waals surface area contributed by atoms with Gasteiger partial charge < -0.3 is 14.8 Å². The van der Waals surface area contributed by atoms with E-state index in [4.69, 9.17) is 9.47 Å². The van der Waals surface area contributed by atoms with Gasteiger partial charge in [-0.1, -0.05) is 29.8 Å². The van der Waals surface area contributed by atoms with Gasteiger partial charge in [-0.05, 0) is 37.6 Å². The van der Waals surface area contributed by atoms with Crippen LogP contribution in [-0.2, 0) is 4.79 Å². The molecule has 0 aliphatic carbocycles. The average Bonchev–Trinajstić information content (AvgIpc) is 2.52. The van der Waals surface area contributed by atoms with Gasteiger partial charge in [0.05, 0.1) is 6.54 Å². The average molecular weight is 317 g/mol. The summed E-state index contributed by atoms with van der Waals surface area (Å²) in [6.07, 6.45) is 0. The molecule has 0 bridgehead atoms. The van der Waals surface area contributed by atoms with Crippen LogP contribution in [0.5, 0.6) is 11.5 Å². The Morgan fingerprint density at radius 1 is 1.09 bits per heavy atom. The maximum atomic E-state index is 13.3. The minimum atomic E-state index is -0.488. The number of carbonyl (C=O) groups excluding carboxylic acids is 1. The monoisotopic (exact) mass is 317 g/mol. The summed E-state index contributed by atoms with van der Waals surface area (Å²) < 4.78 is 24.1. The topological polar surface area (TPSA) is 47.6 Å². The van der Waals surface area contributed by atoms with Crippen LogP contribution in [0.2, 0.25) is 0 Å². The van der Waals surface area contributed by atoms with Gasteiger partial charge in [-0.3, -0.25) is 4.79 Å². The van der Waals surface area contributed by atoms with Crippen molar-refractivity contribution < 1.29 is 18.7 Å². The molecule has 0 saturated heterocycles. The van der Waals surface area contributed by atoms with Crippen LogP contribution < -0.4 is 14.8 Å². The molecule has 2 rings (SSSR count). The SMILES string of the molecule is Cc1ccc(OCCNC(=O)COc2ccccc2F)c(C)c1. The molecule has 23 heavy (non-hydrogen) atoms. The van der Waals surface area contributed by atoms with Crippen molar-refractivity contribution in [3.63, 3.8) is 0 Å². The Balaban J connectivity index is 1.68. The molecule has 0 heterocycles. The highest BCUT2D eigenvalue weighted by Crippen LogP contribution is 2.18. The largest absolute Gasteiger partial charge is 0.491 e. The molecule has 2 aromatic carbocycles. The number of amides is 1. The second-order valence-electron chi connectivity index (χ2n) is 5.19. The normalized spacial score (nSPS) is 10.2. The van der Waals surface area contributed by atoms with Gasteiger partial charge in [-0.15, -0.1) is 0 Å². The second-order valence-corrected chi connectivity index (χ2v) is 5.19. The summed E-state index contributed by atoms with van der Waals surface area (Å²) in [5, 5.41) is 2.66. The summed E-state index contributed by atoms with van der Waals surface area (Å²) in [7, 11) is 0. The maximum absolute atomic E-state index is 13.3. The molecule has 0 atom stereocenters. The van der Waals surface area contributed by atoms with Crippen molar-refractivity contribution in [3.05, 3.63) is 59.4 Å². The Morgan fingerprint density at radius 2 is 1.87 bits per heavy atom. The maximum Gasteiger partial charge on any atom is 0.258 e. The molecule has 2 aromatic rings. The van der Waals surface area contributed by atoms with Gasteiger partial charge in [0.1, 0.15) is 12.4 Å². The quantitative estimate of drug-likeness (QED) is 0.799. The molecule has 0 saturated carbocycles. The number of hydrogen-bond donors (Lipinski definition) is 1. The van der Waals surface area contributed by atoms with Crippen molar-refractivity contribution in [2.75, 3.05) is 19.8 Å². The van der Waals surface area contributed by atoms with E-state index >= 15 is 0 Å². The van der Waals surface area contributed by atoms with Crippen molar-refractivity contribution in [3.8, 4) is 11.5 Å². The van der Waals surface area contributed by atoms with Crippen molar-refractivity contribution in [1.29, 1.82) is 0 Å². The Kier molecular flexibility index (Phi) is 5.97. The molecule has 0 fully saturated rings. The van der Waals surface area contributed by atoms with Crippen LogP contribution >= 0.6 is 0 Å². The van der Waals surface area contributed by atoms with Crippen LogP contribution in [0.4, 0.5) is 4.39 Å². The summed E-state index contributed by atoms with van der Waals surface area (Å²) in [5.74, 6) is 0.0533. The number of para-hydroxylation sites is 1. The zero-order valence-corrected chi connectivity index (χ0v) is 13.3. The number of carbonyl (C=O) groups is 1. The van der Waals surface area contributed by atoms with Crippen LogP contribution in [-0.4, -0.2) is 25.7 Å². The fraction of sp³-hybridized carbons (Fsp3) is 0.278. The molecule has 0 unspecified atom stereocenters. The lowest BCUT2D eigenvalue weighted by Crippen LogP contribution is -2.32. The third-order valence-electron chi connectivity index (χ3n) is 3.21. The van der Waals surface area contributed by atoms with E-state index in [1.165, 1.54) is 17.7 Å². The van der Waals surface area contributed by atoms with E-state index in [0.717, 1.165) is 11.3 Å². The minimum absolute atomic E-state index is 0.0641. The number of aryl methyl sites for hydroxylation is 2. The van der Waals surface area contributed by atoms with Gasteiger partial charge in [0, 0.05) is 0 Å². The van der Waals surface area contributed by atoms with E-state index in [1.807, 2.05) is 32.0 Å². The number of ether oxygens (including phenoxy) is 2. The van der Waals surface area contributed by atoms with Crippen molar-refractivity contribution >= 4 is 5.91 Å².